The summed E-state index contributed by atoms with van der Waals surface area (Å²) in [6.07, 6.45) is 1.49. The maximum absolute atomic E-state index is 13.0. The normalized spacial score (nSPS) is 15.9. The average Bonchev–Trinajstić information content (AvgIpc) is 3.14. The van der Waals surface area contributed by atoms with E-state index in [9.17, 15) is 4.79 Å². The summed E-state index contributed by atoms with van der Waals surface area (Å²) in [5, 5.41) is 7.50. The van der Waals surface area contributed by atoms with Gasteiger partial charge in [-0.3, -0.25) is 0 Å². The first kappa shape index (κ1) is 17.0. The molecule has 0 radical (unpaired) electrons. The zero-order chi connectivity index (χ0) is 18.8. The maximum atomic E-state index is 13.0. The Hall–Kier alpha value is -3.41. The smallest absolute Gasteiger partial charge is 0.338 e. The van der Waals surface area contributed by atoms with Gasteiger partial charge in [0.25, 0.3) is 0 Å². The van der Waals surface area contributed by atoms with E-state index < -0.39 is 0 Å². The van der Waals surface area contributed by atoms with Crippen molar-refractivity contribution in [3.63, 3.8) is 0 Å². The molecule has 2 aromatic carbocycles. The molecule has 1 aromatic heterocycles. The predicted molar refractivity (Wildman–Crippen MR) is 102 cm³/mol. The Balaban J connectivity index is 1.70. The fourth-order valence-electron chi connectivity index (χ4n) is 3.34. The Morgan fingerprint density at radius 3 is 2.63 bits per heavy atom. The zero-order valence-corrected chi connectivity index (χ0v) is 15.2. The van der Waals surface area contributed by atoms with Crippen molar-refractivity contribution < 1.29 is 9.53 Å². The van der Waals surface area contributed by atoms with Crippen LogP contribution in [0.5, 0.6) is 0 Å². The number of hydrogen-bond acceptors (Lipinski definition) is 5. The number of nitrogens with one attached hydrogen (secondary N) is 1. The first-order valence-electron chi connectivity index (χ1n) is 8.79. The Kier molecular flexibility index (Phi) is 4.46. The maximum Gasteiger partial charge on any atom is 0.338 e. The topological polar surface area (TPSA) is 69.0 Å². The lowest BCUT2D eigenvalue weighted by atomic mass is 9.92. The highest BCUT2D eigenvalue weighted by atomic mass is 16.5. The van der Waals surface area contributed by atoms with Crippen molar-refractivity contribution in [1.82, 2.24) is 14.8 Å². The summed E-state index contributed by atoms with van der Waals surface area (Å²) in [5.74, 6) is 0.249. The SMILES string of the molecule is CC1=C(C(=O)OCc2ccccc2)C(c2ccccc2C)n2ncnc2N1. The molecule has 1 atom stereocenters. The van der Waals surface area contributed by atoms with Crippen molar-refractivity contribution in [2.24, 2.45) is 0 Å². The minimum absolute atomic E-state index is 0.223. The summed E-state index contributed by atoms with van der Waals surface area (Å²) in [6.45, 7) is 4.11. The first-order chi connectivity index (χ1) is 13.1. The molecular weight excluding hydrogens is 340 g/mol. The number of rotatable bonds is 4. The number of allylic oxidation sites excluding steroid dienone is 1. The summed E-state index contributed by atoms with van der Waals surface area (Å²) in [7, 11) is 0. The number of carbonyl (C=O) groups excluding carboxylic acids is 1. The number of fused-ring (bicyclic) bond motifs is 1. The Bertz CT molecular complexity index is 1010. The van der Waals surface area contributed by atoms with Crippen LogP contribution in [0.25, 0.3) is 0 Å². The third kappa shape index (κ3) is 3.21. The molecule has 0 bridgehead atoms. The van der Waals surface area contributed by atoms with Crippen LogP contribution in [0.15, 0.2) is 72.2 Å². The summed E-state index contributed by atoms with van der Waals surface area (Å²) in [5.41, 5.74) is 4.28. The van der Waals surface area contributed by atoms with Crippen molar-refractivity contribution >= 4 is 11.9 Å². The molecule has 2 heterocycles. The van der Waals surface area contributed by atoms with Crippen LogP contribution in [0, 0.1) is 6.92 Å². The lowest BCUT2D eigenvalue weighted by molar-refractivity contribution is -0.140. The van der Waals surface area contributed by atoms with Crippen LogP contribution in [0.2, 0.25) is 0 Å². The summed E-state index contributed by atoms with van der Waals surface area (Å²) < 4.78 is 7.35. The molecule has 1 aliphatic heterocycles. The van der Waals surface area contributed by atoms with E-state index in [-0.39, 0.29) is 18.6 Å². The fourth-order valence-corrected chi connectivity index (χ4v) is 3.34. The highest BCUT2D eigenvalue weighted by Gasteiger charge is 2.34. The van der Waals surface area contributed by atoms with E-state index in [0.717, 1.165) is 22.4 Å². The van der Waals surface area contributed by atoms with Crippen LogP contribution >= 0.6 is 0 Å². The van der Waals surface area contributed by atoms with E-state index >= 15 is 0 Å². The molecule has 1 unspecified atom stereocenters. The Morgan fingerprint density at radius 2 is 1.85 bits per heavy atom. The van der Waals surface area contributed by atoms with Gasteiger partial charge in [-0.2, -0.15) is 10.1 Å². The third-order valence-corrected chi connectivity index (χ3v) is 4.71. The van der Waals surface area contributed by atoms with Gasteiger partial charge in [0.15, 0.2) is 0 Å². The van der Waals surface area contributed by atoms with Crippen molar-refractivity contribution in [2.75, 3.05) is 5.32 Å². The van der Waals surface area contributed by atoms with Crippen molar-refractivity contribution in [3.05, 3.63) is 88.9 Å². The second kappa shape index (κ2) is 7.07. The largest absolute Gasteiger partial charge is 0.457 e. The van der Waals surface area contributed by atoms with Gasteiger partial charge in [-0.15, -0.1) is 0 Å². The number of benzene rings is 2. The highest BCUT2D eigenvalue weighted by molar-refractivity contribution is 5.92. The number of esters is 1. The number of aromatic nitrogens is 3. The van der Waals surface area contributed by atoms with Crippen LogP contribution in [-0.4, -0.2) is 20.7 Å². The van der Waals surface area contributed by atoms with Crippen molar-refractivity contribution in [3.8, 4) is 0 Å². The van der Waals surface area contributed by atoms with Gasteiger partial charge in [-0.05, 0) is 30.5 Å². The van der Waals surface area contributed by atoms with Crippen molar-refractivity contribution in [2.45, 2.75) is 26.5 Å². The van der Waals surface area contributed by atoms with Gasteiger partial charge in [0, 0.05) is 5.70 Å². The third-order valence-electron chi connectivity index (χ3n) is 4.71. The van der Waals surface area contributed by atoms with E-state index in [1.165, 1.54) is 6.33 Å². The number of aryl methyl sites for hydroxylation is 1. The zero-order valence-electron chi connectivity index (χ0n) is 15.2. The van der Waals surface area contributed by atoms with Crippen LogP contribution in [0.4, 0.5) is 5.95 Å². The van der Waals surface area contributed by atoms with E-state index in [1.54, 1.807) is 4.68 Å². The molecule has 6 nitrogen and oxygen atoms in total. The van der Waals surface area contributed by atoms with Crippen molar-refractivity contribution in [1.29, 1.82) is 0 Å². The van der Waals surface area contributed by atoms with Gasteiger partial charge < -0.3 is 10.1 Å². The Morgan fingerprint density at radius 1 is 1.11 bits per heavy atom. The predicted octanol–water partition coefficient (Wildman–Crippen LogP) is 3.62. The molecule has 136 valence electrons. The summed E-state index contributed by atoms with van der Waals surface area (Å²) in [6, 6.07) is 17.2. The van der Waals surface area contributed by atoms with Crippen LogP contribution in [-0.2, 0) is 16.1 Å². The number of hydrogen-bond donors (Lipinski definition) is 1. The first-order valence-corrected chi connectivity index (χ1v) is 8.79. The molecule has 1 N–H and O–H groups in total. The lowest BCUT2D eigenvalue weighted by Crippen LogP contribution is -2.30. The molecule has 27 heavy (non-hydrogen) atoms. The number of nitrogens with zero attached hydrogens (tertiary/aromatic N) is 3. The van der Waals surface area contributed by atoms with Gasteiger partial charge in [-0.25, -0.2) is 9.48 Å². The summed E-state index contributed by atoms with van der Waals surface area (Å²) in [4.78, 5) is 17.3. The standard InChI is InChI=1S/C21H20N4O2/c1-14-8-6-7-11-17(14)19-18(15(2)24-21-22-13-23-25(19)21)20(26)27-12-16-9-4-3-5-10-16/h3-11,13,19H,12H2,1-2H3,(H,22,23,24). The number of carbonyl (C=O) groups is 1. The van der Waals surface area contributed by atoms with Gasteiger partial charge in [-0.1, -0.05) is 54.6 Å². The number of ether oxygens (including phenoxy) is 1. The van der Waals surface area contributed by atoms with E-state index in [2.05, 4.69) is 15.4 Å². The molecule has 1 aliphatic rings. The average molecular weight is 360 g/mol. The monoisotopic (exact) mass is 360 g/mol. The lowest BCUT2D eigenvalue weighted by Gasteiger charge is -2.29. The van der Waals surface area contributed by atoms with E-state index in [0.29, 0.717) is 11.5 Å². The second-order valence-electron chi connectivity index (χ2n) is 6.51. The summed E-state index contributed by atoms with van der Waals surface area (Å²) >= 11 is 0. The molecule has 0 spiro atoms. The molecule has 0 saturated carbocycles. The van der Waals surface area contributed by atoms with Gasteiger partial charge in [0.1, 0.15) is 19.0 Å². The fraction of sp³-hybridized carbons (Fsp3) is 0.190. The number of anilines is 1. The van der Waals surface area contributed by atoms with Crippen LogP contribution in [0.3, 0.4) is 0 Å². The van der Waals surface area contributed by atoms with E-state index in [4.69, 9.17) is 4.74 Å². The molecule has 0 amide bonds. The molecule has 0 fully saturated rings. The molecule has 6 heteroatoms. The van der Waals surface area contributed by atoms with E-state index in [1.807, 2.05) is 68.4 Å². The minimum Gasteiger partial charge on any atom is -0.457 e. The van der Waals surface area contributed by atoms with Gasteiger partial charge in [0.05, 0.1) is 5.57 Å². The van der Waals surface area contributed by atoms with Gasteiger partial charge >= 0.3 is 5.97 Å². The Labute approximate surface area is 157 Å². The molecule has 4 rings (SSSR count). The molecule has 0 saturated heterocycles. The molecular formula is C21H20N4O2. The van der Waals surface area contributed by atoms with Gasteiger partial charge in [0.2, 0.25) is 5.95 Å². The molecule has 3 aromatic rings. The highest BCUT2D eigenvalue weighted by Crippen LogP contribution is 2.36. The minimum atomic E-state index is -0.381. The van der Waals surface area contributed by atoms with Crippen LogP contribution < -0.4 is 5.32 Å². The second-order valence-corrected chi connectivity index (χ2v) is 6.51. The molecule has 0 aliphatic carbocycles. The quantitative estimate of drug-likeness (QED) is 0.720. The van der Waals surface area contributed by atoms with Crippen LogP contribution in [0.1, 0.15) is 29.7 Å².